The Labute approximate surface area is 103 Å². The second-order valence-electron chi connectivity index (χ2n) is 3.17. The maximum Gasteiger partial charge on any atom is 0.352 e. The van der Waals surface area contributed by atoms with Gasteiger partial charge in [0, 0.05) is 20.3 Å². The lowest BCUT2D eigenvalue weighted by Crippen LogP contribution is -2.12. The number of nitrogens with one attached hydrogen (secondary N) is 1. The molecule has 0 spiro atoms. The molecule has 2 aromatic rings. The molecule has 1 heterocycles. The lowest BCUT2D eigenvalue weighted by molar-refractivity contribution is 0.0690. The Bertz CT molecular complexity index is 650. The molecule has 16 heavy (non-hydrogen) atoms. The SMILES string of the molecule is O=C(O)c1cc2c(Br)cc(Cl)cc2c(=O)[nH]1. The zero-order valence-electron chi connectivity index (χ0n) is 7.75. The van der Waals surface area contributed by atoms with Gasteiger partial charge in [0.2, 0.25) is 0 Å². The lowest BCUT2D eigenvalue weighted by Gasteiger charge is -2.02. The van der Waals surface area contributed by atoms with Crippen molar-refractivity contribution in [2.24, 2.45) is 0 Å². The average Bonchev–Trinajstić information content (AvgIpc) is 2.19. The first-order valence-corrected chi connectivity index (χ1v) is 5.41. The second-order valence-corrected chi connectivity index (χ2v) is 4.46. The van der Waals surface area contributed by atoms with Crippen LogP contribution in [0, 0.1) is 0 Å². The molecule has 0 aliphatic heterocycles. The van der Waals surface area contributed by atoms with Crippen LogP contribution in [0.5, 0.6) is 0 Å². The smallest absolute Gasteiger partial charge is 0.352 e. The molecule has 4 nitrogen and oxygen atoms in total. The summed E-state index contributed by atoms with van der Waals surface area (Å²) in [7, 11) is 0. The number of carbonyl (C=O) groups is 1. The van der Waals surface area contributed by atoms with Gasteiger partial charge in [0.1, 0.15) is 5.69 Å². The van der Waals surface area contributed by atoms with Gasteiger partial charge in [-0.1, -0.05) is 27.5 Å². The largest absolute Gasteiger partial charge is 0.477 e. The molecule has 0 amide bonds. The molecule has 0 aliphatic rings. The summed E-state index contributed by atoms with van der Waals surface area (Å²) >= 11 is 9.03. The first-order chi connectivity index (χ1) is 7.49. The molecule has 2 N–H and O–H groups in total. The zero-order valence-corrected chi connectivity index (χ0v) is 10.1. The van der Waals surface area contributed by atoms with Crippen molar-refractivity contribution in [1.82, 2.24) is 4.98 Å². The van der Waals surface area contributed by atoms with Crippen molar-refractivity contribution < 1.29 is 9.90 Å². The Balaban J connectivity index is 2.93. The number of carboxylic acids is 1. The summed E-state index contributed by atoms with van der Waals surface area (Å²) < 4.78 is 0.587. The fourth-order valence-corrected chi connectivity index (χ4v) is 2.33. The summed E-state index contributed by atoms with van der Waals surface area (Å²) in [6, 6.07) is 4.49. The number of aromatic carboxylic acids is 1. The van der Waals surface area contributed by atoms with E-state index in [-0.39, 0.29) is 5.69 Å². The van der Waals surface area contributed by atoms with E-state index in [0.717, 1.165) is 0 Å². The van der Waals surface area contributed by atoms with Crippen molar-refractivity contribution >= 4 is 44.3 Å². The minimum atomic E-state index is -1.18. The summed E-state index contributed by atoms with van der Waals surface area (Å²) in [5.41, 5.74) is -0.626. The molecule has 0 aliphatic carbocycles. The monoisotopic (exact) mass is 301 g/mol. The average molecular weight is 303 g/mol. The third kappa shape index (κ3) is 1.83. The summed E-state index contributed by atoms with van der Waals surface area (Å²) in [5.74, 6) is -1.18. The van der Waals surface area contributed by atoms with Crippen molar-refractivity contribution in [1.29, 1.82) is 0 Å². The van der Waals surface area contributed by atoms with Crippen molar-refractivity contribution in [3.05, 3.63) is 43.7 Å². The molecule has 2 rings (SSSR count). The normalized spacial score (nSPS) is 10.6. The van der Waals surface area contributed by atoms with Crippen molar-refractivity contribution in [3.8, 4) is 0 Å². The highest BCUT2D eigenvalue weighted by Crippen LogP contribution is 2.26. The van der Waals surface area contributed by atoms with E-state index in [1.165, 1.54) is 12.1 Å². The van der Waals surface area contributed by atoms with Crippen LogP contribution in [0.3, 0.4) is 0 Å². The summed E-state index contributed by atoms with van der Waals surface area (Å²) in [5, 5.41) is 10.1. The molecular weight excluding hydrogens is 297 g/mol. The number of pyridine rings is 1. The third-order valence-electron chi connectivity index (χ3n) is 2.11. The van der Waals surface area contributed by atoms with Crippen LogP contribution in [-0.2, 0) is 0 Å². The highest BCUT2D eigenvalue weighted by Gasteiger charge is 2.10. The topological polar surface area (TPSA) is 70.2 Å². The summed E-state index contributed by atoms with van der Waals surface area (Å²) in [6.07, 6.45) is 0. The molecule has 1 aromatic carbocycles. The van der Waals surface area contributed by atoms with Gasteiger partial charge in [0.25, 0.3) is 5.56 Å². The molecule has 82 valence electrons. The van der Waals surface area contributed by atoms with E-state index < -0.39 is 11.5 Å². The maximum atomic E-state index is 11.6. The van der Waals surface area contributed by atoms with Crippen molar-refractivity contribution in [2.75, 3.05) is 0 Å². The van der Waals surface area contributed by atoms with Gasteiger partial charge in [-0.25, -0.2) is 4.79 Å². The van der Waals surface area contributed by atoms with E-state index in [9.17, 15) is 9.59 Å². The quantitative estimate of drug-likeness (QED) is 0.851. The molecule has 6 heteroatoms. The van der Waals surface area contributed by atoms with Crippen LogP contribution in [0.15, 0.2) is 27.5 Å². The van der Waals surface area contributed by atoms with Gasteiger partial charge in [-0.3, -0.25) is 4.79 Å². The minimum Gasteiger partial charge on any atom is -0.477 e. The number of benzene rings is 1. The van der Waals surface area contributed by atoms with E-state index in [0.29, 0.717) is 20.3 Å². The molecule has 0 unspecified atom stereocenters. The van der Waals surface area contributed by atoms with E-state index in [4.69, 9.17) is 16.7 Å². The standard InChI is InChI=1S/C10H5BrClNO3/c11-7-2-4(12)1-6-5(7)3-8(10(15)16)13-9(6)14/h1-3H,(H,13,14)(H,15,16). The molecular formula is C10H5BrClNO3. The Hall–Kier alpha value is -1.33. The predicted molar refractivity (Wildman–Crippen MR) is 64.2 cm³/mol. The molecule has 0 fully saturated rings. The van der Waals surface area contributed by atoms with Crippen LogP contribution in [0.1, 0.15) is 10.5 Å². The van der Waals surface area contributed by atoms with Crippen molar-refractivity contribution in [3.63, 3.8) is 0 Å². The highest BCUT2D eigenvalue weighted by molar-refractivity contribution is 9.10. The fourth-order valence-electron chi connectivity index (χ4n) is 1.40. The number of carboxylic acid groups (broad SMARTS) is 1. The van der Waals surface area contributed by atoms with Crippen LogP contribution in [0.4, 0.5) is 0 Å². The Morgan fingerprint density at radius 1 is 1.31 bits per heavy atom. The van der Waals surface area contributed by atoms with Crippen LogP contribution in [0.2, 0.25) is 5.02 Å². The summed E-state index contributed by atoms with van der Waals surface area (Å²) in [6.45, 7) is 0. The molecule has 0 bridgehead atoms. The maximum absolute atomic E-state index is 11.6. The molecule has 0 saturated carbocycles. The molecule has 0 atom stereocenters. The van der Waals surface area contributed by atoms with Crippen LogP contribution >= 0.6 is 27.5 Å². The van der Waals surface area contributed by atoms with Crippen molar-refractivity contribution in [2.45, 2.75) is 0 Å². The first kappa shape index (κ1) is 11.2. The van der Waals surface area contributed by atoms with E-state index in [1.54, 1.807) is 6.07 Å². The Morgan fingerprint density at radius 3 is 2.62 bits per heavy atom. The number of hydrogen-bond donors (Lipinski definition) is 2. The number of halogens is 2. The van der Waals surface area contributed by atoms with Crippen LogP contribution in [-0.4, -0.2) is 16.1 Å². The van der Waals surface area contributed by atoms with Gasteiger partial charge in [-0.05, 0) is 18.2 Å². The molecule has 1 aromatic heterocycles. The Kier molecular flexibility index (Phi) is 2.73. The Morgan fingerprint density at radius 2 is 2.00 bits per heavy atom. The van der Waals surface area contributed by atoms with E-state index in [1.807, 2.05) is 0 Å². The van der Waals surface area contributed by atoms with Gasteiger partial charge >= 0.3 is 5.97 Å². The van der Waals surface area contributed by atoms with Gasteiger partial charge < -0.3 is 10.1 Å². The second kappa shape index (κ2) is 3.92. The number of aromatic nitrogens is 1. The lowest BCUT2D eigenvalue weighted by atomic mass is 10.1. The number of hydrogen-bond acceptors (Lipinski definition) is 2. The third-order valence-corrected chi connectivity index (χ3v) is 2.98. The van der Waals surface area contributed by atoms with Crippen LogP contribution < -0.4 is 5.56 Å². The van der Waals surface area contributed by atoms with Gasteiger partial charge in [-0.2, -0.15) is 0 Å². The number of rotatable bonds is 1. The highest BCUT2D eigenvalue weighted by atomic mass is 79.9. The molecule has 0 saturated heterocycles. The predicted octanol–water partition coefficient (Wildman–Crippen LogP) is 2.64. The zero-order chi connectivity index (χ0) is 11.9. The minimum absolute atomic E-state index is 0.152. The van der Waals surface area contributed by atoms with E-state index >= 15 is 0 Å². The molecule has 0 radical (unpaired) electrons. The van der Waals surface area contributed by atoms with E-state index in [2.05, 4.69) is 20.9 Å². The van der Waals surface area contributed by atoms with Crippen LogP contribution in [0.25, 0.3) is 10.8 Å². The fraction of sp³-hybridized carbons (Fsp3) is 0. The van der Waals surface area contributed by atoms with Gasteiger partial charge in [0.05, 0.1) is 0 Å². The first-order valence-electron chi connectivity index (χ1n) is 4.24. The number of fused-ring (bicyclic) bond motifs is 1. The van der Waals surface area contributed by atoms with Gasteiger partial charge in [0.15, 0.2) is 0 Å². The number of aromatic amines is 1. The number of H-pyrrole nitrogens is 1. The summed E-state index contributed by atoms with van der Waals surface area (Å²) in [4.78, 5) is 24.6. The van der Waals surface area contributed by atoms with Gasteiger partial charge in [-0.15, -0.1) is 0 Å².